The number of aromatic nitrogens is 2. The maximum absolute atomic E-state index is 12.0. The molecule has 90 valence electrons. The molecule has 1 N–H and O–H groups in total. The minimum absolute atomic E-state index is 0.0882. The van der Waals surface area contributed by atoms with Gasteiger partial charge in [0, 0.05) is 0 Å². The topological polar surface area (TPSA) is 54.9 Å². The summed E-state index contributed by atoms with van der Waals surface area (Å²) in [5.41, 5.74) is 2.38. The molecule has 0 atom stereocenters. The molecule has 7 heteroatoms. The predicted octanol–water partition coefficient (Wildman–Crippen LogP) is 2.76. The fourth-order valence-corrected chi connectivity index (χ4v) is 3.96. The van der Waals surface area contributed by atoms with Gasteiger partial charge in [0.1, 0.15) is 0 Å². The molecule has 0 saturated carbocycles. The second-order valence-electron chi connectivity index (χ2n) is 3.50. The van der Waals surface area contributed by atoms with E-state index in [9.17, 15) is 4.79 Å². The van der Waals surface area contributed by atoms with Crippen LogP contribution in [0.2, 0.25) is 0 Å². The van der Waals surface area contributed by atoms with Crippen molar-refractivity contribution in [3.8, 4) is 0 Å². The number of anilines is 1. The van der Waals surface area contributed by atoms with Gasteiger partial charge >= 0.3 is 122 Å². The first-order valence-corrected chi connectivity index (χ1v) is 8.16. The van der Waals surface area contributed by atoms with Crippen LogP contribution >= 0.6 is 27.3 Å². The van der Waals surface area contributed by atoms with Crippen LogP contribution < -0.4 is 5.32 Å². The van der Waals surface area contributed by atoms with Gasteiger partial charge in [-0.25, -0.2) is 0 Å². The normalized spacial score (nSPS) is 10.7. The van der Waals surface area contributed by atoms with Crippen LogP contribution in [0.5, 0.6) is 0 Å². The third-order valence-electron chi connectivity index (χ3n) is 2.33. The Kier molecular flexibility index (Phi) is 3.30. The Hall–Kier alpha value is -1.01. The number of hydrogen-bond donors (Lipinski definition) is 1. The van der Waals surface area contributed by atoms with Crippen LogP contribution in [0.3, 0.4) is 0 Å². The van der Waals surface area contributed by atoms with Gasteiger partial charge in [-0.15, -0.1) is 0 Å². The fourth-order valence-electron chi connectivity index (χ4n) is 1.53. The Bertz CT molecular complexity index is 724. The Labute approximate surface area is 121 Å². The van der Waals surface area contributed by atoms with Crippen molar-refractivity contribution in [1.82, 2.24) is 7.96 Å². The molecule has 0 bridgehead atoms. The summed E-state index contributed by atoms with van der Waals surface area (Å²) in [4.78, 5) is 12.7. The SMILES string of the molecule is O=C(Nc1cccc2n[se]nc12)c1ccc(Br)s1. The van der Waals surface area contributed by atoms with Crippen molar-refractivity contribution < 1.29 is 4.79 Å². The summed E-state index contributed by atoms with van der Waals surface area (Å²) in [6, 6.07) is 9.28. The number of benzene rings is 1. The van der Waals surface area contributed by atoms with Crippen molar-refractivity contribution in [2.75, 3.05) is 5.32 Å². The van der Waals surface area contributed by atoms with E-state index < -0.39 is 0 Å². The van der Waals surface area contributed by atoms with Gasteiger partial charge in [0.05, 0.1) is 0 Å². The molecule has 0 radical (unpaired) electrons. The molecule has 2 aromatic heterocycles. The number of hydrogen-bond acceptors (Lipinski definition) is 4. The number of fused-ring (bicyclic) bond motifs is 1. The number of nitrogens with zero attached hydrogens (tertiary/aromatic N) is 2. The Morgan fingerprint density at radius 1 is 1.28 bits per heavy atom. The molecular weight excluding hydrogens is 381 g/mol. The average molecular weight is 387 g/mol. The van der Waals surface area contributed by atoms with E-state index >= 15 is 0 Å². The Morgan fingerprint density at radius 3 is 2.94 bits per heavy atom. The third kappa shape index (κ3) is 2.26. The Morgan fingerprint density at radius 2 is 2.17 bits per heavy atom. The zero-order valence-corrected chi connectivity index (χ0v) is 13.0. The molecular formula is C11H6BrN3OSSe. The van der Waals surface area contributed by atoms with Crippen LogP contribution in [-0.4, -0.2) is 28.8 Å². The summed E-state index contributed by atoms with van der Waals surface area (Å²) in [5.74, 6) is -0.117. The van der Waals surface area contributed by atoms with Crippen LogP contribution in [-0.2, 0) is 0 Å². The summed E-state index contributed by atoms with van der Waals surface area (Å²) >= 11 is 4.66. The first-order chi connectivity index (χ1) is 8.74. The molecule has 0 unspecified atom stereocenters. The van der Waals surface area contributed by atoms with Gasteiger partial charge in [0.2, 0.25) is 0 Å². The molecule has 18 heavy (non-hydrogen) atoms. The summed E-state index contributed by atoms with van der Waals surface area (Å²) in [6.45, 7) is 0. The quantitative estimate of drug-likeness (QED) is 0.689. The van der Waals surface area contributed by atoms with Crippen molar-refractivity contribution in [2.45, 2.75) is 0 Å². The summed E-state index contributed by atoms with van der Waals surface area (Å²) < 4.78 is 9.55. The summed E-state index contributed by atoms with van der Waals surface area (Å²) in [5, 5.41) is 2.88. The summed E-state index contributed by atoms with van der Waals surface area (Å²) in [6.07, 6.45) is 0. The zero-order chi connectivity index (χ0) is 12.5. The van der Waals surface area contributed by atoms with Crippen LogP contribution in [0, 0.1) is 0 Å². The van der Waals surface area contributed by atoms with Crippen molar-refractivity contribution >= 4 is 64.9 Å². The molecule has 4 nitrogen and oxygen atoms in total. The maximum atomic E-state index is 12.0. The van der Waals surface area contributed by atoms with E-state index in [0.29, 0.717) is 4.88 Å². The van der Waals surface area contributed by atoms with E-state index in [1.807, 2.05) is 24.3 Å². The van der Waals surface area contributed by atoms with Gasteiger partial charge in [0.25, 0.3) is 0 Å². The Balaban J connectivity index is 1.92. The first kappa shape index (κ1) is 12.0. The van der Waals surface area contributed by atoms with E-state index in [2.05, 4.69) is 29.2 Å². The van der Waals surface area contributed by atoms with Crippen LogP contribution in [0.25, 0.3) is 11.0 Å². The van der Waals surface area contributed by atoms with E-state index in [1.54, 1.807) is 6.07 Å². The van der Waals surface area contributed by atoms with E-state index in [0.717, 1.165) is 20.5 Å². The number of nitrogens with one attached hydrogen (secondary N) is 1. The molecule has 1 aromatic carbocycles. The third-order valence-corrected chi connectivity index (χ3v) is 5.09. The van der Waals surface area contributed by atoms with Crippen molar-refractivity contribution in [3.63, 3.8) is 0 Å². The molecule has 3 rings (SSSR count). The molecule has 0 aliphatic heterocycles. The van der Waals surface area contributed by atoms with Gasteiger partial charge in [-0.05, 0) is 0 Å². The average Bonchev–Trinajstić information content (AvgIpc) is 2.97. The fraction of sp³-hybridized carbons (Fsp3) is 0. The second-order valence-corrected chi connectivity index (χ2v) is 7.07. The van der Waals surface area contributed by atoms with Gasteiger partial charge in [-0.1, -0.05) is 0 Å². The second kappa shape index (κ2) is 4.93. The molecule has 0 aliphatic rings. The standard InChI is InChI=1S/C11H6BrN3OSSe/c12-9-5-4-8(17-9)11(16)13-6-2-1-3-7-10(6)15-18-14-7/h1-5H,(H,13,16). The first-order valence-electron chi connectivity index (χ1n) is 5.02. The predicted molar refractivity (Wildman–Crippen MR) is 76.5 cm³/mol. The van der Waals surface area contributed by atoms with Gasteiger partial charge in [-0.2, -0.15) is 0 Å². The van der Waals surface area contributed by atoms with Crippen LogP contribution in [0.15, 0.2) is 34.1 Å². The minimum atomic E-state index is -0.117. The molecule has 0 fully saturated rings. The number of carbonyl (C=O) groups is 1. The van der Waals surface area contributed by atoms with E-state index in [4.69, 9.17) is 0 Å². The molecule has 3 aromatic rings. The van der Waals surface area contributed by atoms with Crippen molar-refractivity contribution in [1.29, 1.82) is 0 Å². The number of rotatable bonds is 2. The van der Waals surface area contributed by atoms with Crippen molar-refractivity contribution in [3.05, 3.63) is 39.0 Å². The summed E-state index contributed by atoms with van der Waals surface area (Å²) in [7, 11) is 0. The van der Waals surface area contributed by atoms with E-state index in [1.165, 1.54) is 11.3 Å². The molecule has 1 amide bonds. The molecule has 0 saturated heterocycles. The number of halogens is 1. The van der Waals surface area contributed by atoms with Crippen LogP contribution in [0.1, 0.15) is 9.67 Å². The van der Waals surface area contributed by atoms with E-state index in [-0.39, 0.29) is 20.9 Å². The number of amides is 1. The van der Waals surface area contributed by atoms with Gasteiger partial charge in [0.15, 0.2) is 0 Å². The number of thiophene rings is 1. The van der Waals surface area contributed by atoms with Gasteiger partial charge in [-0.3, -0.25) is 0 Å². The molecule has 2 heterocycles. The zero-order valence-electron chi connectivity index (χ0n) is 8.88. The molecule has 0 spiro atoms. The number of carbonyl (C=O) groups excluding carboxylic acids is 1. The van der Waals surface area contributed by atoms with Gasteiger partial charge < -0.3 is 0 Å². The van der Waals surface area contributed by atoms with Crippen LogP contribution in [0.4, 0.5) is 5.69 Å². The van der Waals surface area contributed by atoms with Crippen molar-refractivity contribution in [2.24, 2.45) is 0 Å². The molecule has 0 aliphatic carbocycles. The monoisotopic (exact) mass is 387 g/mol.